The summed E-state index contributed by atoms with van der Waals surface area (Å²) < 4.78 is 0. The van der Waals surface area contributed by atoms with E-state index in [9.17, 15) is 20.1 Å². The molecule has 0 aliphatic heterocycles. The largest absolute Gasteiger partial charge is 0.394 e. The van der Waals surface area contributed by atoms with Crippen molar-refractivity contribution >= 4 is 5.91 Å². The molecule has 3 unspecified atom stereocenters. The summed E-state index contributed by atoms with van der Waals surface area (Å²) in [7, 11) is 0. The molecule has 5 heteroatoms. The number of unbranched alkanes of at least 4 members (excludes halogenated alkanes) is 37. The summed E-state index contributed by atoms with van der Waals surface area (Å²) in [5.74, 6) is -0.312. The first-order valence-electron chi connectivity index (χ1n) is 25.0. The number of hydrogen-bond donors (Lipinski definition) is 4. The van der Waals surface area contributed by atoms with Crippen molar-refractivity contribution in [3.05, 3.63) is 12.2 Å². The van der Waals surface area contributed by atoms with Gasteiger partial charge in [-0.3, -0.25) is 4.79 Å². The smallest absolute Gasteiger partial charge is 0.222 e. The van der Waals surface area contributed by atoms with Crippen LogP contribution in [-0.4, -0.2) is 46.1 Å². The molecular weight excluding hydrogens is 679 g/mol. The van der Waals surface area contributed by atoms with Gasteiger partial charge in [0.15, 0.2) is 0 Å². The van der Waals surface area contributed by atoms with Crippen LogP contribution in [-0.2, 0) is 4.79 Å². The van der Waals surface area contributed by atoms with E-state index in [0.29, 0.717) is 6.42 Å². The third kappa shape index (κ3) is 42.5. The molecule has 4 N–H and O–H groups in total. The second kappa shape index (κ2) is 45.8. The fourth-order valence-corrected chi connectivity index (χ4v) is 7.99. The fourth-order valence-electron chi connectivity index (χ4n) is 7.99. The van der Waals surface area contributed by atoms with Crippen molar-refractivity contribution < 1.29 is 20.1 Å². The lowest BCUT2D eigenvalue weighted by molar-refractivity contribution is -0.124. The minimum atomic E-state index is -0.923. The average molecular weight is 778 g/mol. The first-order valence-corrected chi connectivity index (χ1v) is 25.0. The van der Waals surface area contributed by atoms with Crippen molar-refractivity contribution in [1.29, 1.82) is 0 Å². The Morgan fingerprint density at radius 1 is 0.455 bits per heavy atom. The highest BCUT2D eigenvalue weighted by Crippen LogP contribution is 2.17. The lowest BCUT2D eigenvalue weighted by Gasteiger charge is -2.21. The molecule has 5 nitrogen and oxygen atoms in total. The predicted octanol–water partition coefficient (Wildman–Crippen LogP) is 14.8. The topological polar surface area (TPSA) is 89.8 Å². The summed E-state index contributed by atoms with van der Waals surface area (Å²) in [6.45, 7) is 4.21. The monoisotopic (exact) mass is 778 g/mol. The number of nitrogens with one attached hydrogen (secondary N) is 1. The maximum absolute atomic E-state index is 12.4. The van der Waals surface area contributed by atoms with Gasteiger partial charge in [-0.1, -0.05) is 264 Å². The molecule has 0 saturated carbocycles. The van der Waals surface area contributed by atoms with Gasteiger partial charge in [-0.05, 0) is 19.3 Å². The van der Waals surface area contributed by atoms with Gasteiger partial charge >= 0.3 is 0 Å². The third-order valence-corrected chi connectivity index (χ3v) is 11.8. The van der Waals surface area contributed by atoms with E-state index in [1.807, 2.05) is 6.08 Å². The lowest BCUT2D eigenvalue weighted by atomic mass is 10.0. The summed E-state index contributed by atoms with van der Waals surface area (Å²) >= 11 is 0. The lowest BCUT2D eigenvalue weighted by Crippen LogP contribution is -2.45. The van der Waals surface area contributed by atoms with Gasteiger partial charge in [0.05, 0.1) is 31.3 Å². The average Bonchev–Trinajstić information content (AvgIpc) is 3.18. The van der Waals surface area contributed by atoms with Crippen LogP contribution in [0, 0.1) is 0 Å². The minimum absolute atomic E-state index is 0.0186. The van der Waals surface area contributed by atoms with Crippen molar-refractivity contribution in [2.45, 2.75) is 295 Å². The van der Waals surface area contributed by atoms with Crippen molar-refractivity contribution in [3.8, 4) is 0 Å². The molecule has 0 aromatic rings. The number of aliphatic hydroxyl groups is 3. The van der Waals surface area contributed by atoms with E-state index in [0.717, 1.165) is 25.7 Å². The fraction of sp³-hybridized carbons (Fsp3) is 0.940. The van der Waals surface area contributed by atoms with Crippen LogP contribution >= 0.6 is 0 Å². The summed E-state index contributed by atoms with van der Waals surface area (Å²) in [6, 6.07) is -0.738. The zero-order chi connectivity index (χ0) is 40.1. The standard InChI is InChI=1S/C50H99NO4/c1-3-5-7-9-11-13-15-16-17-18-19-20-21-22-23-24-25-26-27-28-29-30-31-32-33-34-35-37-39-41-43-47(53)45-50(55)51-48(46-52)49(54)44-42-40-38-36-14-12-10-8-6-4-2/h42,44,47-49,52-54H,3-41,43,45-46H2,1-2H3,(H,51,55)/b44-42+. The van der Waals surface area contributed by atoms with Gasteiger partial charge in [-0.15, -0.1) is 0 Å². The van der Waals surface area contributed by atoms with Gasteiger partial charge in [0.25, 0.3) is 0 Å². The summed E-state index contributed by atoms with van der Waals surface area (Å²) in [5.41, 5.74) is 0. The number of carbonyl (C=O) groups is 1. The molecule has 0 spiro atoms. The van der Waals surface area contributed by atoms with Crippen molar-refractivity contribution in [2.75, 3.05) is 6.61 Å². The Kier molecular flexibility index (Phi) is 45.0. The molecule has 3 atom stereocenters. The van der Waals surface area contributed by atoms with E-state index >= 15 is 0 Å². The Morgan fingerprint density at radius 3 is 1.05 bits per heavy atom. The number of carbonyl (C=O) groups excluding carboxylic acids is 1. The summed E-state index contributed by atoms with van der Waals surface area (Å²) in [4.78, 5) is 12.4. The van der Waals surface area contributed by atoms with Crippen LogP contribution in [0.5, 0.6) is 0 Å². The number of amides is 1. The van der Waals surface area contributed by atoms with Gasteiger partial charge in [0.1, 0.15) is 0 Å². The van der Waals surface area contributed by atoms with Crippen LogP contribution in [0.4, 0.5) is 0 Å². The van der Waals surface area contributed by atoms with Gasteiger partial charge in [0.2, 0.25) is 5.91 Å². The predicted molar refractivity (Wildman–Crippen MR) is 241 cm³/mol. The molecule has 0 radical (unpaired) electrons. The Labute approximate surface area is 344 Å². The Morgan fingerprint density at radius 2 is 0.745 bits per heavy atom. The molecule has 0 saturated heterocycles. The van der Waals surface area contributed by atoms with E-state index < -0.39 is 18.2 Å². The molecule has 328 valence electrons. The second-order valence-corrected chi connectivity index (χ2v) is 17.4. The first kappa shape index (κ1) is 54.1. The van der Waals surface area contributed by atoms with Gasteiger partial charge in [-0.25, -0.2) is 0 Å². The van der Waals surface area contributed by atoms with E-state index in [4.69, 9.17) is 0 Å². The van der Waals surface area contributed by atoms with E-state index in [-0.39, 0.29) is 18.9 Å². The molecule has 0 rings (SSSR count). The van der Waals surface area contributed by atoms with Crippen molar-refractivity contribution in [1.82, 2.24) is 5.32 Å². The van der Waals surface area contributed by atoms with E-state index in [2.05, 4.69) is 19.2 Å². The molecule has 0 aliphatic rings. The zero-order valence-electron chi connectivity index (χ0n) is 37.3. The molecule has 0 bridgehead atoms. The highest BCUT2D eigenvalue weighted by atomic mass is 16.3. The normalized spacial score (nSPS) is 13.5. The Balaban J connectivity index is 3.45. The quantitative estimate of drug-likeness (QED) is 0.0366. The van der Waals surface area contributed by atoms with Gasteiger partial charge < -0.3 is 20.6 Å². The molecular formula is C50H99NO4. The number of allylic oxidation sites excluding steroid dienone is 1. The van der Waals surface area contributed by atoms with Crippen LogP contribution in [0.2, 0.25) is 0 Å². The Bertz CT molecular complexity index is 773. The van der Waals surface area contributed by atoms with E-state index in [1.165, 1.54) is 225 Å². The van der Waals surface area contributed by atoms with E-state index in [1.54, 1.807) is 6.08 Å². The molecule has 1 amide bonds. The highest BCUT2D eigenvalue weighted by Gasteiger charge is 2.20. The zero-order valence-corrected chi connectivity index (χ0v) is 37.3. The number of rotatable bonds is 46. The molecule has 0 heterocycles. The SMILES string of the molecule is CCCCCCCCCC/C=C/C(O)C(CO)NC(=O)CC(O)CCCCCCCCCCCCCCCCCCCCCCCCCCCCCCCC. The maximum atomic E-state index is 12.4. The van der Waals surface area contributed by atoms with Crippen LogP contribution < -0.4 is 5.32 Å². The van der Waals surface area contributed by atoms with Gasteiger partial charge in [-0.2, -0.15) is 0 Å². The minimum Gasteiger partial charge on any atom is -0.394 e. The van der Waals surface area contributed by atoms with Crippen LogP contribution in [0.15, 0.2) is 12.2 Å². The van der Waals surface area contributed by atoms with Crippen molar-refractivity contribution in [3.63, 3.8) is 0 Å². The molecule has 0 aliphatic carbocycles. The third-order valence-electron chi connectivity index (χ3n) is 11.8. The van der Waals surface area contributed by atoms with Crippen LogP contribution in [0.1, 0.15) is 277 Å². The molecule has 0 aromatic carbocycles. The van der Waals surface area contributed by atoms with Gasteiger partial charge in [0, 0.05) is 0 Å². The number of aliphatic hydroxyl groups excluding tert-OH is 3. The molecule has 0 aromatic heterocycles. The molecule has 55 heavy (non-hydrogen) atoms. The highest BCUT2D eigenvalue weighted by molar-refractivity contribution is 5.76. The molecule has 0 fully saturated rings. The number of hydrogen-bond acceptors (Lipinski definition) is 4. The summed E-state index contributed by atoms with van der Waals surface area (Å²) in [5, 5.41) is 33.2. The van der Waals surface area contributed by atoms with Crippen LogP contribution in [0.25, 0.3) is 0 Å². The van der Waals surface area contributed by atoms with Crippen LogP contribution in [0.3, 0.4) is 0 Å². The second-order valence-electron chi connectivity index (χ2n) is 17.4. The summed E-state index contributed by atoms with van der Waals surface area (Å²) in [6.07, 6.45) is 55.4. The Hall–Kier alpha value is -0.910. The first-order chi connectivity index (χ1) is 27.0. The maximum Gasteiger partial charge on any atom is 0.222 e. The van der Waals surface area contributed by atoms with Crippen molar-refractivity contribution in [2.24, 2.45) is 0 Å².